The van der Waals surface area contributed by atoms with Gasteiger partial charge in [-0.15, -0.1) is 0 Å². The van der Waals surface area contributed by atoms with E-state index < -0.39 is 12.1 Å². The first-order valence-corrected chi connectivity index (χ1v) is 10.4. The van der Waals surface area contributed by atoms with Gasteiger partial charge >= 0.3 is 12.1 Å². The van der Waals surface area contributed by atoms with Crippen LogP contribution in [0.5, 0.6) is 0 Å². The van der Waals surface area contributed by atoms with Crippen molar-refractivity contribution in [3.63, 3.8) is 0 Å². The van der Waals surface area contributed by atoms with Crippen molar-refractivity contribution in [1.29, 1.82) is 0 Å². The number of aromatic nitrogens is 3. The third-order valence-electron chi connectivity index (χ3n) is 5.15. The minimum atomic E-state index is -5.08. The van der Waals surface area contributed by atoms with Gasteiger partial charge < -0.3 is 10.4 Å². The van der Waals surface area contributed by atoms with Crippen molar-refractivity contribution in [1.82, 2.24) is 19.9 Å². The third kappa shape index (κ3) is 4.92. The summed E-state index contributed by atoms with van der Waals surface area (Å²) >= 11 is 0. The molecule has 3 aromatic rings. The molecule has 0 saturated carbocycles. The Kier molecular flexibility index (Phi) is 6.76. The largest absolute Gasteiger partial charge is 0.490 e. The number of alkyl halides is 3. The van der Waals surface area contributed by atoms with Gasteiger partial charge in [-0.1, -0.05) is 19.9 Å². The maximum atomic E-state index is 13.5. The summed E-state index contributed by atoms with van der Waals surface area (Å²) in [6.07, 6.45) is -2.81. The molecule has 1 aliphatic rings. The Bertz CT molecular complexity index is 1330. The number of benzene rings is 1. The first-order valence-electron chi connectivity index (χ1n) is 10.4. The number of carbonyl (C=O) groups excluding carboxylic acids is 1. The molecule has 1 aromatic carbocycles. The van der Waals surface area contributed by atoms with Crippen LogP contribution in [-0.2, 0) is 4.79 Å². The molecule has 0 radical (unpaired) electrons. The number of halogens is 3. The lowest BCUT2D eigenvalue weighted by Gasteiger charge is -2.20. The van der Waals surface area contributed by atoms with Gasteiger partial charge in [-0.05, 0) is 55.5 Å². The van der Waals surface area contributed by atoms with E-state index in [-0.39, 0.29) is 17.5 Å². The van der Waals surface area contributed by atoms with Crippen LogP contribution in [0.1, 0.15) is 53.6 Å². The lowest BCUT2D eigenvalue weighted by Crippen LogP contribution is -2.31. The number of carboxylic acid groups (broad SMARTS) is 1. The van der Waals surface area contributed by atoms with Crippen LogP contribution in [-0.4, -0.2) is 37.7 Å². The van der Waals surface area contributed by atoms with Crippen LogP contribution in [0.4, 0.5) is 13.2 Å². The van der Waals surface area contributed by atoms with Crippen molar-refractivity contribution in [2.24, 2.45) is 5.92 Å². The standard InChI is InChI=1S/C21H22N4O2.C2HF3O2/c1-11(2)8-16-19-23-15-10-12(3)9-13(4)17(15)21(27)25(19)18-14(20(26)24-16)6-5-7-22-18;3-2(4,5)1(6)7/h5-7,9-11,16H,8H2,1-4H3,(H,24,26);(H,6,7). The number of pyridine rings is 1. The minimum Gasteiger partial charge on any atom is -0.475 e. The van der Waals surface area contributed by atoms with Crippen LogP contribution in [0, 0.1) is 19.8 Å². The third-order valence-corrected chi connectivity index (χ3v) is 5.15. The first-order chi connectivity index (χ1) is 15.8. The molecule has 0 bridgehead atoms. The molecular weight excluding hydrogens is 453 g/mol. The molecule has 0 fully saturated rings. The summed E-state index contributed by atoms with van der Waals surface area (Å²) in [5, 5.41) is 10.7. The van der Waals surface area contributed by atoms with E-state index >= 15 is 0 Å². The Balaban J connectivity index is 0.000000406. The molecule has 1 aliphatic heterocycles. The number of aryl methyl sites for hydroxylation is 2. The van der Waals surface area contributed by atoms with E-state index in [1.807, 2.05) is 26.0 Å². The number of fused-ring (bicyclic) bond motifs is 4. The molecule has 8 nitrogen and oxygen atoms in total. The van der Waals surface area contributed by atoms with Crippen LogP contribution in [0.3, 0.4) is 0 Å². The molecule has 11 heteroatoms. The zero-order valence-electron chi connectivity index (χ0n) is 18.9. The number of nitrogens with one attached hydrogen (secondary N) is 1. The molecule has 0 saturated heterocycles. The van der Waals surface area contributed by atoms with Gasteiger partial charge in [0, 0.05) is 6.20 Å². The van der Waals surface area contributed by atoms with Crippen LogP contribution in [0.2, 0.25) is 0 Å². The number of hydrogen-bond donors (Lipinski definition) is 2. The highest BCUT2D eigenvalue weighted by atomic mass is 19.4. The Hall–Kier alpha value is -3.76. The zero-order chi connectivity index (χ0) is 25.4. The van der Waals surface area contributed by atoms with Gasteiger partial charge in [0.05, 0.1) is 22.5 Å². The molecule has 34 heavy (non-hydrogen) atoms. The van der Waals surface area contributed by atoms with Crippen molar-refractivity contribution in [3.05, 3.63) is 63.3 Å². The van der Waals surface area contributed by atoms with E-state index in [0.29, 0.717) is 40.4 Å². The molecule has 0 aliphatic carbocycles. The predicted octanol–water partition coefficient (Wildman–Crippen LogP) is 3.86. The maximum absolute atomic E-state index is 13.5. The number of amides is 1. The molecule has 3 heterocycles. The Labute approximate surface area is 192 Å². The van der Waals surface area contributed by atoms with E-state index in [0.717, 1.165) is 11.1 Å². The molecule has 4 rings (SSSR count). The van der Waals surface area contributed by atoms with Crippen molar-refractivity contribution in [3.8, 4) is 5.82 Å². The molecule has 2 N–H and O–H groups in total. The maximum Gasteiger partial charge on any atom is 0.490 e. The highest BCUT2D eigenvalue weighted by molar-refractivity contribution is 5.98. The molecule has 1 atom stereocenters. The van der Waals surface area contributed by atoms with Crippen LogP contribution in [0.25, 0.3) is 16.7 Å². The number of rotatable bonds is 2. The average Bonchev–Trinajstić information content (AvgIpc) is 2.82. The average molecular weight is 476 g/mol. The molecule has 180 valence electrons. The summed E-state index contributed by atoms with van der Waals surface area (Å²) in [6, 6.07) is 6.93. The lowest BCUT2D eigenvalue weighted by atomic mass is 10.0. The Morgan fingerprint density at radius 1 is 1.24 bits per heavy atom. The summed E-state index contributed by atoms with van der Waals surface area (Å²) < 4.78 is 33.3. The van der Waals surface area contributed by atoms with E-state index in [1.165, 1.54) is 4.57 Å². The SMILES string of the molecule is Cc1cc(C)c2c(=O)n3c(nc2c1)C(CC(C)C)NC(=O)c1cccnc1-3.O=C(O)C(F)(F)F. The fourth-order valence-corrected chi connectivity index (χ4v) is 3.83. The lowest BCUT2D eigenvalue weighted by molar-refractivity contribution is -0.192. The van der Waals surface area contributed by atoms with E-state index in [2.05, 4.69) is 24.1 Å². The fourth-order valence-electron chi connectivity index (χ4n) is 3.83. The molecule has 1 amide bonds. The molecule has 0 spiro atoms. The summed E-state index contributed by atoms with van der Waals surface area (Å²) in [5.41, 5.74) is 2.79. The normalized spacial score (nSPS) is 15.1. The summed E-state index contributed by atoms with van der Waals surface area (Å²) in [4.78, 5) is 44.4. The van der Waals surface area contributed by atoms with Crippen molar-refractivity contribution < 1.29 is 27.9 Å². The van der Waals surface area contributed by atoms with Gasteiger partial charge in [0.2, 0.25) is 0 Å². The smallest absolute Gasteiger partial charge is 0.475 e. The van der Waals surface area contributed by atoms with Crippen molar-refractivity contribution in [2.45, 2.75) is 46.3 Å². The number of aliphatic carboxylic acids is 1. The van der Waals surface area contributed by atoms with Crippen molar-refractivity contribution in [2.75, 3.05) is 0 Å². The first kappa shape index (κ1) is 24.9. The highest BCUT2D eigenvalue weighted by Crippen LogP contribution is 2.28. The summed E-state index contributed by atoms with van der Waals surface area (Å²) in [5.74, 6) is -1.78. The van der Waals surface area contributed by atoms with Gasteiger partial charge in [-0.25, -0.2) is 19.3 Å². The monoisotopic (exact) mass is 476 g/mol. The Morgan fingerprint density at radius 2 is 1.88 bits per heavy atom. The van der Waals surface area contributed by atoms with Gasteiger partial charge in [0.15, 0.2) is 5.82 Å². The second-order valence-electron chi connectivity index (χ2n) is 8.42. The van der Waals surface area contributed by atoms with Crippen molar-refractivity contribution >= 4 is 22.8 Å². The minimum absolute atomic E-state index is 0.183. The van der Waals surface area contributed by atoms with E-state index in [9.17, 15) is 22.8 Å². The van der Waals surface area contributed by atoms with Gasteiger partial charge in [0.1, 0.15) is 5.82 Å². The quantitative estimate of drug-likeness (QED) is 0.581. The fraction of sp³-hybridized carbons (Fsp3) is 0.348. The second-order valence-corrected chi connectivity index (χ2v) is 8.42. The Morgan fingerprint density at radius 3 is 2.47 bits per heavy atom. The van der Waals surface area contributed by atoms with Crippen LogP contribution < -0.4 is 10.9 Å². The summed E-state index contributed by atoms with van der Waals surface area (Å²) in [7, 11) is 0. The van der Waals surface area contributed by atoms with Gasteiger partial charge in [-0.3, -0.25) is 9.59 Å². The van der Waals surface area contributed by atoms with Crippen LogP contribution >= 0.6 is 0 Å². The topological polar surface area (TPSA) is 114 Å². The second kappa shape index (κ2) is 9.24. The van der Waals surface area contributed by atoms with Gasteiger partial charge in [-0.2, -0.15) is 13.2 Å². The number of carboxylic acids is 1. The van der Waals surface area contributed by atoms with E-state index in [1.54, 1.807) is 18.3 Å². The summed E-state index contributed by atoms with van der Waals surface area (Å²) in [6.45, 7) is 8.07. The van der Waals surface area contributed by atoms with Crippen LogP contribution in [0.15, 0.2) is 35.3 Å². The van der Waals surface area contributed by atoms with E-state index in [4.69, 9.17) is 14.9 Å². The molecule has 2 aromatic heterocycles. The zero-order valence-corrected chi connectivity index (χ0v) is 18.9. The van der Waals surface area contributed by atoms with Gasteiger partial charge in [0.25, 0.3) is 11.5 Å². The molecule has 1 unspecified atom stereocenters. The highest BCUT2D eigenvalue weighted by Gasteiger charge is 2.38. The number of hydrogen-bond acceptors (Lipinski definition) is 5. The number of carbonyl (C=O) groups is 2. The molecular formula is C23H23F3N4O4. The predicted molar refractivity (Wildman–Crippen MR) is 118 cm³/mol. The number of nitrogens with zero attached hydrogens (tertiary/aromatic N) is 3.